The Labute approximate surface area is 120 Å². The van der Waals surface area contributed by atoms with Crippen LogP contribution in [0.3, 0.4) is 0 Å². The van der Waals surface area contributed by atoms with E-state index in [4.69, 9.17) is 10.5 Å². The minimum atomic E-state index is -0.520. The average molecular weight is 279 g/mol. The third-order valence-corrected chi connectivity index (χ3v) is 2.84. The van der Waals surface area contributed by atoms with Crippen molar-refractivity contribution in [1.82, 2.24) is 10.3 Å². The highest BCUT2D eigenvalue weighted by atomic mass is 16.5. The van der Waals surface area contributed by atoms with E-state index in [1.807, 2.05) is 19.1 Å². The molecule has 2 atom stereocenters. The summed E-state index contributed by atoms with van der Waals surface area (Å²) in [4.78, 5) is 16.0. The zero-order valence-corrected chi connectivity index (χ0v) is 12.6. The van der Waals surface area contributed by atoms with Gasteiger partial charge < -0.3 is 15.8 Å². The Kier molecular flexibility index (Phi) is 7.01. The fourth-order valence-corrected chi connectivity index (χ4v) is 1.72. The van der Waals surface area contributed by atoms with E-state index in [1.165, 1.54) is 0 Å². The van der Waals surface area contributed by atoms with Crippen molar-refractivity contribution in [3.8, 4) is 5.75 Å². The molecule has 1 heterocycles. The summed E-state index contributed by atoms with van der Waals surface area (Å²) in [6.45, 7) is 6.45. The number of unbranched alkanes of at least 4 members (excludes halogenated alkanes) is 1. The number of carbonyl (C=O) groups excluding carboxylic acids is 1. The minimum Gasteiger partial charge on any atom is -0.479 e. The van der Waals surface area contributed by atoms with Crippen LogP contribution in [0.5, 0.6) is 5.75 Å². The van der Waals surface area contributed by atoms with Gasteiger partial charge in [-0.1, -0.05) is 13.3 Å². The number of aromatic nitrogens is 1. The number of ether oxygens (including phenoxy) is 1. The van der Waals surface area contributed by atoms with Crippen LogP contribution < -0.4 is 15.8 Å². The molecule has 0 aliphatic heterocycles. The number of pyridine rings is 1. The first kappa shape index (κ1) is 16.4. The largest absolute Gasteiger partial charge is 0.479 e. The second kappa shape index (κ2) is 8.53. The number of nitrogens with one attached hydrogen (secondary N) is 1. The Morgan fingerprint density at radius 2 is 2.20 bits per heavy atom. The highest BCUT2D eigenvalue weighted by Gasteiger charge is 2.14. The topological polar surface area (TPSA) is 77.2 Å². The number of nitrogens with two attached hydrogens (primary N) is 1. The molecule has 0 bridgehead atoms. The Hall–Kier alpha value is -1.62. The van der Waals surface area contributed by atoms with Gasteiger partial charge in [-0.15, -0.1) is 0 Å². The van der Waals surface area contributed by atoms with Gasteiger partial charge >= 0.3 is 0 Å². The molecule has 0 aliphatic rings. The van der Waals surface area contributed by atoms with E-state index in [0.29, 0.717) is 12.3 Å². The SMILES string of the molecule is CCCCNC(=O)C(C)Oc1ccc(CC(C)N)nc1. The van der Waals surface area contributed by atoms with E-state index in [9.17, 15) is 4.79 Å². The molecule has 0 aliphatic carbocycles. The van der Waals surface area contributed by atoms with Gasteiger partial charge in [0.25, 0.3) is 5.91 Å². The van der Waals surface area contributed by atoms with Crippen molar-refractivity contribution in [2.75, 3.05) is 6.54 Å². The summed E-state index contributed by atoms with van der Waals surface area (Å²) in [5.41, 5.74) is 6.64. The minimum absolute atomic E-state index is 0.0811. The van der Waals surface area contributed by atoms with E-state index >= 15 is 0 Å². The summed E-state index contributed by atoms with van der Waals surface area (Å²) in [7, 11) is 0. The van der Waals surface area contributed by atoms with Crippen LogP contribution in [-0.2, 0) is 11.2 Å². The lowest BCUT2D eigenvalue weighted by atomic mass is 10.2. The molecule has 0 aromatic carbocycles. The van der Waals surface area contributed by atoms with Crippen LogP contribution >= 0.6 is 0 Å². The maximum Gasteiger partial charge on any atom is 0.260 e. The molecule has 1 rings (SSSR count). The Balaban J connectivity index is 2.45. The highest BCUT2D eigenvalue weighted by molar-refractivity contribution is 5.80. The normalized spacial score (nSPS) is 13.6. The van der Waals surface area contributed by atoms with Gasteiger partial charge in [0.2, 0.25) is 0 Å². The number of amides is 1. The highest BCUT2D eigenvalue weighted by Crippen LogP contribution is 2.12. The molecule has 5 nitrogen and oxygen atoms in total. The van der Waals surface area contributed by atoms with Crippen molar-refractivity contribution in [3.63, 3.8) is 0 Å². The van der Waals surface area contributed by atoms with Gasteiger partial charge in [0, 0.05) is 24.7 Å². The van der Waals surface area contributed by atoms with Gasteiger partial charge in [0.05, 0.1) is 6.20 Å². The molecular formula is C15H25N3O2. The third kappa shape index (κ3) is 6.02. The molecule has 112 valence electrons. The zero-order chi connectivity index (χ0) is 15.0. The Bertz CT molecular complexity index is 404. The summed E-state index contributed by atoms with van der Waals surface area (Å²) < 4.78 is 5.56. The maximum atomic E-state index is 11.8. The molecule has 0 saturated heterocycles. The predicted molar refractivity (Wildman–Crippen MR) is 79.6 cm³/mol. The lowest BCUT2D eigenvalue weighted by Crippen LogP contribution is -2.36. The molecule has 20 heavy (non-hydrogen) atoms. The molecular weight excluding hydrogens is 254 g/mol. The summed E-state index contributed by atoms with van der Waals surface area (Å²) in [5.74, 6) is 0.495. The smallest absolute Gasteiger partial charge is 0.260 e. The lowest BCUT2D eigenvalue weighted by Gasteiger charge is -2.14. The summed E-state index contributed by atoms with van der Waals surface area (Å²) in [6, 6.07) is 3.78. The molecule has 0 saturated carbocycles. The molecule has 0 fully saturated rings. The van der Waals surface area contributed by atoms with E-state index in [2.05, 4.69) is 17.2 Å². The fraction of sp³-hybridized carbons (Fsp3) is 0.600. The molecule has 0 radical (unpaired) electrons. The van der Waals surface area contributed by atoms with Crippen LogP contribution in [0, 0.1) is 0 Å². The van der Waals surface area contributed by atoms with E-state index < -0.39 is 6.10 Å². The number of hydrogen-bond donors (Lipinski definition) is 2. The van der Waals surface area contributed by atoms with E-state index in [-0.39, 0.29) is 11.9 Å². The molecule has 1 amide bonds. The van der Waals surface area contributed by atoms with Crippen molar-refractivity contribution in [1.29, 1.82) is 0 Å². The van der Waals surface area contributed by atoms with Crippen molar-refractivity contribution in [2.24, 2.45) is 5.73 Å². The average Bonchev–Trinajstić information content (AvgIpc) is 2.40. The van der Waals surface area contributed by atoms with Gasteiger partial charge in [-0.05, 0) is 32.4 Å². The van der Waals surface area contributed by atoms with Crippen molar-refractivity contribution in [3.05, 3.63) is 24.0 Å². The van der Waals surface area contributed by atoms with Crippen molar-refractivity contribution < 1.29 is 9.53 Å². The first-order valence-electron chi connectivity index (χ1n) is 7.17. The molecule has 0 spiro atoms. The summed E-state index contributed by atoms with van der Waals surface area (Å²) in [6.07, 6.45) is 3.88. The van der Waals surface area contributed by atoms with Crippen LogP contribution in [0.2, 0.25) is 0 Å². The molecule has 3 N–H and O–H groups in total. The van der Waals surface area contributed by atoms with E-state index in [1.54, 1.807) is 13.1 Å². The van der Waals surface area contributed by atoms with Gasteiger partial charge in [-0.25, -0.2) is 0 Å². The van der Waals surface area contributed by atoms with Gasteiger partial charge in [0.1, 0.15) is 5.75 Å². The quantitative estimate of drug-likeness (QED) is 0.709. The molecule has 2 unspecified atom stereocenters. The standard InChI is InChI=1S/C15H25N3O2/c1-4-5-8-17-15(19)12(3)20-14-7-6-13(18-10-14)9-11(2)16/h6-7,10-12H,4-5,8-9,16H2,1-3H3,(H,17,19). The van der Waals surface area contributed by atoms with Gasteiger partial charge in [0.15, 0.2) is 6.10 Å². The fourth-order valence-electron chi connectivity index (χ4n) is 1.72. The first-order valence-corrected chi connectivity index (χ1v) is 7.17. The second-order valence-electron chi connectivity index (χ2n) is 5.07. The summed E-state index contributed by atoms with van der Waals surface area (Å²) >= 11 is 0. The van der Waals surface area contributed by atoms with Crippen LogP contribution in [0.1, 0.15) is 39.3 Å². The lowest BCUT2D eigenvalue weighted by molar-refractivity contribution is -0.127. The van der Waals surface area contributed by atoms with Gasteiger partial charge in [-0.3, -0.25) is 9.78 Å². The summed E-state index contributed by atoms with van der Waals surface area (Å²) in [5, 5.41) is 2.84. The number of carbonyl (C=O) groups is 1. The third-order valence-electron chi connectivity index (χ3n) is 2.84. The zero-order valence-electron chi connectivity index (χ0n) is 12.6. The van der Waals surface area contributed by atoms with Crippen molar-refractivity contribution in [2.45, 2.75) is 52.2 Å². The van der Waals surface area contributed by atoms with Crippen LogP contribution in [0.4, 0.5) is 0 Å². The Morgan fingerprint density at radius 1 is 1.45 bits per heavy atom. The number of rotatable bonds is 8. The maximum absolute atomic E-state index is 11.8. The van der Waals surface area contributed by atoms with Crippen molar-refractivity contribution >= 4 is 5.91 Å². The number of hydrogen-bond acceptors (Lipinski definition) is 4. The van der Waals surface area contributed by atoms with Gasteiger partial charge in [-0.2, -0.15) is 0 Å². The molecule has 1 aromatic rings. The molecule has 5 heteroatoms. The van der Waals surface area contributed by atoms with E-state index in [0.717, 1.165) is 25.0 Å². The second-order valence-corrected chi connectivity index (χ2v) is 5.07. The Morgan fingerprint density at radius 3 is 2.75 bits per heavy atom. The first-order chi connectivity index (χ1) is 9.52. The predicted octanol–water partition coefficient (Wildman–Crippen LogP) is 1.65. The van der Waals surface area contributed by atoms with Crippen LogP contribution in [0.25, 0.3) is 0 Å². The van der Waals surface area contributed by atoms with Crippen LogP contribution in [-0.4, -0.2) is 29.6 Å². The monoisotopic (exact) mass is 279 g/mol. The molecule has 1 aromatic heterocycles. The van der Waals surface area contributed by atoms with Crippen LogP contribution in [0.15, 0.2) is 18.3 Å². The number of nitrogens with zero attached hydrogens (tertiary/aromatic N) is 1.